The smallest absolute Gasteiger partial charge is 0.0455 e. The second-order valence-corrected chi connectivity index (χ2v) is 4.44. The molecule has 0 amide bonds. The SMILES string of the molecule is C/C=C1/NC(CCI)C=C/C1=C/CC. The molecule has 1 unspecified atom stereocenters. The molecule has 0 aromatic rings. The van der Waals surface area contributed by atoms with Gasteiger partial charge in [-0.25, -0.2) is 0 Å². The zero-order chi connectivity index (χ0) is 10.4. The molecular formula is C12H18IN. The van der Waals surface area contributed by atoms with Gasteiger partial charge >= 0.3 is 0 Å². The lowest BCUT2D eigenvalue weighted by Crippen LogP contribution is -2.30. The van der Waals surface area contributed by atoms with Crippen LogP contribution in [0.2, 0.25) is 0 Å². The van der Waals surface area contributed by atoms with Gasteiger partial charge in [0, 0.05) is 16.2 Å². The summed E-state index contributed by atoms with van der Waals surface area (Å²) in [5.41, 5.74) is 2.61. The second kappa shape index (κ2) is 6.27. The van der Waals surface area contributed by atoms with Gasteiger partial charge in [0.15, 0.2) is 0 Å². The molecule has 0 saturated carbocycles. The monoisotopic (exact) mass is 303 g/mol. The van der Waals surface area contributed by atoms with Crippen LogP contribution in [0.5, 0.6) is 0 Å². The minimum Gasteiger partial charge on any atom is -0.379 e. The summed E-state index contributed by atoms with van der Waals surface area (Å²) in [7, 11) is 0. The molecule has 0 radical (unpaired) electrons. The predicted molar refractivity (Wildman–Crippen MR) is 71.7 cm³/mol. The summed E-state index contributed by atoms with van der Waals surface area (Å²) >= 11 is 2.42. The lowest BCUT2D eigenvalue weighted by Gasteiger charge is -2.23. The predicted octanol–water partition coefficient (Wildman–Crippen LogP) is 3.58. The Labute approximate surface area is 100 Å². The number of nitrogens with one attached hydrogen (secondary N) is 1. The Bertz CT molecular complexity index is 263. The van der Waals surface area contributed by atoms with Gasteiger partial charge in [-0.15, -0.1) is 0 Å². The number of halogens is 1. The van der Waals surface area contributed by atoms with Crippen LogP contribution in [0, 0.1) is 0 Å². The van der Waals surface area contributed by atoms with Crippen LogP contribution < -0.4 is 5.32 Å². The van der Waals surface area contributed by atoms with Gasteiger partial charge in [0.2, 0.25) is 0 Å². The third-order valence-corrected chi connectivity index (χ3v) is 2.92. The number of allylic oxidation sites excluding steroid dienone is 3. The first kappa shape index (κ1) is 11.8. The van der Waals surface area contributed by atoms with Crippen molar-refractivity contribution in [2.24, 2.45) is 0 Å². The minimum atomic E-state index is 0.520. The van der Waals surface area contributed by atoms with Crippen molar-refractivity contribution in [3.8, 4) is 0 Å². The van der Waals surface area contributed by atoms with Crippen LogP contribution in [0.1, 0.15) is 26.7 Å². The summed E-state index contributed by atoms with van der Waals surface area (Å²) in [4.78, 5) is 0. The molecule has 0 spiro atoms. The van der Waals surface area contributed by atoms with Crippen molar-refractivity contribution < 1.29 is 0 Å². The first-order valence-corrected chi connectivity index (χ1v) is 6.72. The van der Waals surface area contributed by atoms with Crippen molar-refractivity contribution in [3.05, 3.63) is 35.6 Å². The summed E-state index contributed by atoms with van der Waals surface area (Å²) in [6.45, 7) is 4.26. The van der Waals surface area contributed by atoms with E-state index in [0.717, 1.165) is 6.42 Å². The van der Waals surface area contributed by atoms with Crippen LogP contribution >= 0.6 is 22.6 Å². The highest BCUT2D eigenvalue weighted by Gasteiger charge is 2.12. The van der Waals surface area contributed by atoms with Crippen molar-refractivity contribution in [3.63, 3.8) is 0 Å². The van der Waals surface area contributed by atoms with Gasteiger partial charge in [0.05, 0.1) is 0 Å². The fraction of sp³-hybridized carbons (Fsp3) is 0.500. The minimum absolute atomic E-state index is 0.520. The van der Waals surface area contributed by atoms with Gasteiger partial charge in [-0.2, -0.15) is 0 Å². The largest absolute Gasteiger partial charge is 0.379 e. The van der Waals surface area contributed by atoms with E-state index >= 15 is 0 Å². The number of hydrogen-bond donors (Lipinski definition) is 1. The highest BCUT2D eigenvalue weighted by atomic mass is 127. The van der Waals surface area contributed by atoms with E-state index in [1.54, 1.807) is 0 Å². The lowest BCUT2D eigenvalue weighted by atomic mass is 10.0. The normalized spacial score (nSPS) is 26.9. The zero-order valence-electron chi connectivity index (χ0n) is 8.89. The van der Waals surface area contributed by atoms with Gasteiger partial charge in [-0.3, -0.25) is 0 Å². The molecule has 1 atom stereocenters. The molecule has 14 heavy (non-hydrogen) atoms. The third kappa shape index (κ3) is 3.15. The van der Waals surface area contributed by atoms with Gasteiger partial charge in [-0.05, 0) is 25.3 Å². The Balaban J connectivity index is 2.75. The lowest BCUT2D eigenvalue weighted by molar-refractivity contribution is 0.651. The molecule has 0 saturated heterocycles. The van der Waals surface area contributed by atoms with E-state index in [9.17, 15) is 0 Å². The third-order valence-electron chi connectivity index (χ3n) is 2.29. The van der Waals surface area contributed by atoms with Crippen LogP contribution in [0.25, 0.3) is 0 Å². The van der Waals surface area contributed by atoms with E-state index in [1.807, 2.05) is 0 Å². The van der Waals surface area contributed by atoms with Crippen molar-refractivity contribution in [2.45, 2.75) is 32.7 Å². The van der Waals surface area contributed by atoms with Crippen molar-refractivity contribution in [1.82, 2.24) is 5.32 Å². The summed E-state index contributed by atoms with van der Waals surface area (Å²) in [5, 5.41) is 3.54. The summed E-state index contributed by atoms with van der Waals surface area (Å²) in [6.07, 6.45) is 11.2. The van der Waals surface area contributed by atoms with Gasteiger partial charge in [0.1, 0.15) is 0 Å². The molecule has 1 heterocycles. The van der Waals surface area contributed by atoms with Crippen LogP contribution in [0.15, 0.2) is 35.6 Å². The zero-order valence-corrected chi connectivity index (χ0v) is 11.0. The quantitative estimate of drug-likeness (QED) is 0.621. The van der Waals surface area contributed by atoms with Gasteiger partial charge < -0.3 is 5.32 Å². The van der Waals surface area contributed by atoms with Crippen LogP contribution in [0.4, 0.5) is 0 Å². The maximum Gasteiger partial charge on any atom is 0.0455 e. The maximum absolute atomic E-state index is 3.54. The Kier molecular flexibility index (Phi) is 5.30. The van der Waals surface area contributed by atoms with Gasteiger partial charge in [-0.1, -0.05) is 53.8 Å². The molecular weight excluding hydrogens is 285 g/mol. The number of alkyl halides is 1. The van der Waals surface area contributed by atoms with E-state index in [-0.39, 0.29) is 0 Å². The molecule has 1 aliphatic heterocycles. The van der Waals surface area contributed by atoms with Crippen molar-refractivity contribution >= 4 is 22.6 Å². The molecule has 0 aromatic heterocycles. The van der Waals surface area contributed by atoms with Crippen molar-refractivity contribution in [2.75, 3.05) is 4.43 Å². The van der Waals surface area contributed by atoms with Gasteiger partial charge in [0.25, 0.3) is 0 Å². The van der Waals surface area contributed by atoms with E-state index in [4.69, 9.17) is 0 Å². The Morgan fingerprint density at radius 3 is 2.93 bits per heavy atom. The van der Waals surface area contributed by atoms with E-state index in [1.165, 1.54) is 22.1 Å². The standard InChI is InChI=1S/C12H18IN/c1-3-5-10-6-7-11(8-9-13)14-12(10)4-2/h4-7,11,14H,3,8-9H2,1-2H3/b10-5-,12-4+. The molecule has 1 rings (SSSR count). The molecule has 0 aliphatic carbocycles. The van der Waals surface area contributed by atoms with Crippen LogP contribution in [-0.4, -0.2) is 10.5 Å². The topological polar surface area (TPSA) is 12.0 Å². The molecule has 0 aromatic carbocycles. The maximum atomic E-state index is 3.54. The van der Waals surface area contributed by atoms with E-state index in [2.05, 4.69) is 66.1 Å². The fourth-order valence-corrected chi connectivity index (χ4v) is 2.25. The summed E-state index contributed by atoms with van der Waals surface area (Å²) in [6, 6.07) is 0.520. The van der Waals surface area contributed by atoms with E-state index in [0.29, 0.717) is 6.04 Å². The van der Waals surface area contributed by atoms with Crippen LogP contribution in [-0.2, 0) is 0 Å². The number of rotatable bonds is 3. The Morgan fingerprint density at radius 1 is 1.57 bits per heavy atom. The average molecular weight is 303 g/mol. The number of hydrogen-bond acceptors (Lipinski definition) is 1. The first-order chi connectivity index (χ1) is 6.81. The molecule has 78 valence electrons. The highest BCUT2D eigenvalue weighted by Crippen LogP contribution is 2.17. The molecule has 1 N–H and O–H groups in total. The summed E-state index contributed by atoms with van der Waals surface area (Å²) < 4.78 is 1.20. The Hall–Kier alpha value is -0.250. The van der Waals surface area contributed by atoms with E-state index < -0.39 is 0 Å². The molecule has 1 aliphatic rings. The molecule has 2 heteroatoms. The fourth-order valence-electron chi connectivity index (χ4n) is 1.57. The van der Waals surface area contributed by atoms with Crippen molar-refractivity contribution in [1.29, 1.82) is 0 Å². The average Bonchev–Trinajstić information content (AvgIpc) is 2.21. The molecule has 0 bridgehead atoms. The van der Waals surface area contributed by atoms with Crippen LogP contribution in [0.3, 0.4) is 0 Å². The molecule has 1 nitrogen and oxygen atoms in total. The Morgan fingerprint density at radius 2 is 2.36 bits per heavy atom. The first-order valence-electron chi connectivity index (χ1n) is 5.19. The highest BCUT2D eigenvalue weighted by molar-refractivity contribution is 14.1. The summed E-state index contributed by atoms with van der Waals surface area (Å²) in [5.74, 6) is 0. The second-order valence-electron chi connectivity index (χ2n) is 3.36. The molecule has 0 fully saturated rings.